The van der Waals surface area contributed by atoms with Crippen molar-refractivity contribution in [1.29, 1.82) is 0 Å². The van der Waals surface area contributed by atoms with E-state index in [1.807, 2.05) is 0 Å². The highest BCUT2D eigenvalue weighted by Crippen LogP contribution is 2.34. The Morgan fingerprint density at radius 2 is 2.29 bits per heavy atom. The molecule has 1 aromatic carbocycles. The van der Waals surface area contributed by atoms with E-state index >= 15 is 0 Å². The standard InChI is InChI=1S/C11H13BrN2O3/c12-9-2-1-3-10(14(15)16)11(9)17-5-4-8-6-13-7-8/h1-3,8,13H,4-7H2. The van der Waals surface area contributed by atoms with Gasteiger partial charge in [0.05, 0.1) is 16.0 Å². The molecule has 1 aliphatic rings. The zero-order valence-corrected chi connectivity index (χ0v) is 10.8. The van der Waals surface area contributed by atoms with E-state index in [2.05, 4.69) is 21.2 Å². The van der Waals surface area contributed by atoms with Gasteiger partial charge in [-0.2, -0.15) is 0 Å². The number of hydrogen-bond donors (Lipinski definition) is 1. The number of halogens is 1. The SMILES string of the molecule is O=[N+]([O-])c1cccc(Br)c1OCCC1CNC1. The summed E-state index contributed by atoms with van der Waals surface area (Å²) in [7, 11) is 0. The topological polar surface area (TPSA) is 64.4 Å². The monoisotopic (exact) mass is 300 g/mol. The molecule has 5 nitrogen and oxygen atoms in total. The Balaban J connectivity index is 2.00. The highest BCUT2D eigenvalue weighted by atomic mass is 79.9. The van der Waals surface area contributed by atoms with Gasteiger partial charge in [-0.15, -0.1) is 0 Å². The second-order valence-electron chi connectivity index (χ2n) is 4.01. The lowest BCUT2D eigenvalue weighted by Gasteiger charge is -2.26. The van der Waals surface area contributed by atoms with Gasteiger partial charge in [0.15, 0.2) is 0 Å². The minimum atomic E-state index is -0.426. The molecule has 1 heterocycles. The van der Waals surface area contributed by atoms with E-state index in [0.29, 0.717) is 22.7 Å². The molecule has 0 spiro atoms. The highest BCUT2D eigenvalue weighted by molar-refractivity contribution is 9.10. The average Bonchev–Trinajstić information content (AvgIpc) is 2.23. The van der Waals surface area contributed by atoms with E-state index in [9.17, 15) is 10.1 Å². The van der Waals surface area contributed by atoms with Gasteiger partial charge in [0.2, 0.25) is 5.75 Å². The highest BCUT2D eigenvalue weighted by Gasteiger charge is 2.20. The molecule has 0 radical (unpaired) electrons. The Hall–Kier alpha value is -1.14. The Labute approximate surface area is 107 Å². The third kappa shape index (κ3) is 2.95. The van der Waals surface area contributed by atoms with E-state index < -0.39 is 4.92 Å². The van der Waals surface area contributed by atoms with Crippen LogP contribution >= 0.6 is 15.9 Å². The molecule has 0 aliphatic carbocycles. The Morgan fingerprint density at radius 3 is 2.88 bits per heavy atom. The largest absolute Gasteiger partial charge is 0.486 e. The first-order chi connectivity index (χ1) is 8.18. The minimum absolute atomic E-state index is 0.00566. The first-order valence-corrected chi connectivity index (χ1v) is 6.24. The third-order valence-electron chi connectivity index (χ3n) is 2.78. The zero-order chi connectivity index (χ0) is 12.3. The molecular formula is C11H13BrN2O3. The quantitative estimate of drug-likeness (QED) is 0.670. The van der Waals surface area contributed by atoms with Crippen LogP contribution in [-0.4, -0.2) is 24.6 Å². The summed E-state index contributed by atoms with van der Waals surface area (Å²) in [5.41, 5.74) is 0.00566. The fourth-order valence-electron chi connectivity index (χ4n) is 1.66. The fraction of sp³-hybridized carbons (Fsp3) is 0.455. The molecule has 17 heavy (non-hydrogen) atoms. The summed E-state index contributed by atoms with van der Waals surface area (Å²) in [6.45, 7) is 2.54. The lowest BCUT2D eigenvalue weighted by molar-refractivity contribution is -0.386. The molecule has 1 aromatic rings. The summed E-state index contributed by atoms with van der Waals surface area (Å²) >= 11 is 3.27. The molecule has 0 amide bonds. The molecule has 6 heteroatoms. The molecule has 2 rings (SSSR count). The van der Waals surface area contributed by atoms with Crippen LogP contribution in [0.4, 0.5) is 5.69 Å². The summed E-state index contributed by atoms with van der Waals surface area (Å²) in [6.07, 6.45) is 0.922. The predicted molar refractivity (Wildman–Crippen MR) is 67.3 cm³/mol. The second-order valence-corrected chi connectivity index (χ2v) is 4.86. The fourth-order valence-corrected chi connectivity index (χ4v) is 2.13. The van der Waals surface area contributed by atoms with Crippen LogP contribution in [0.25, 0.3) is 0 Å². The molecular weight excluding hydrogens is 288 g/mol. The summed E-state index contributed by atoms with van der Waals surface area (Å²) in [4.78, 5) is 10.4. The number of para-hydroxylation sites is 1. The van der Waals surface area contributed by atoms with E-state index in [1.165, 1.54) is 6.07 Å². The van der Waals surface area contributed by atoms with Crippen molar-refractivity contribution in [2.45, 2.75) is 6.42 Å². The van der Waals surface area contributed by atoms with E-state index in [4.69, 9.17) is 4.74 Å². The van der Waals surface area contributed by atoms with E-state index in [0.717, 1.165) is 19.5 Å². The van der Waals surface area contributed by atoms with Crippen LogP contribution in [0.5, 0.6) is 5.75 Å². The van der Waals surface area contributed by atoms with E-state index in [-0.39, 0.29) is 5.69 Å². The maximum atomic E-state index is 10.8. The first-order valence-electron chi connectivity index (χ1n) is 5.45. The number of nitrogens with zero attached hydrogens (tertiary/aromatic N) is 1. The van der Waals surface area contributed by atoms with E-state index in [1.54, 1.807) is 12.1 Å². The maximum Gasteiger partial charge on any atom is 0.312 e. The molecule has 92 valence electrons. The summed E-state index contributed by atoms with van der Waals surface area (Å²) in [5, 5.41) is 14.0. The normalized spacial score (nSPS) is 15.4. The molecule has 1 N–H and O–H groups in total. The molecule has 1 saturated heterocycles. The Morgan fingerprint density at radius 1 is 1.53 bits per heavy atom. The minimum Gasteiger partial charge on any atom is -0.486 e. The van der Waals surface area contributed by atoms with Crippen LogP contribution in [0.3, 0.4) is 0 Å². The number of nitro benzene ring substituents is 1. The van der Waals surface area contributed by atoms with Gasteiger partial charge >= 0.3 is 5.69 Å². The maximum absolute atomic E-state index is 10.8. The van der Waals surface area contributed by atoms with Crippen molar-refractivity contribution >= 4 is 21.6 Å². The predicted octanol–water partition coefficient (Wildman–Crippen LogP) is 2.35. The summed E-state index contributed by atoms with van der Waals surface area (Å²) in [5.74, 6) is 0.960. The van der Waals surface area contributed by atoms with Crippen molar-refractivity contribution in [1.82, 2.24) is 5.32 Å². The van der Waals surface area contributed by atoms with Crippen molar-refractivity contribution in [3.8, 4) is 5.75 Å². The number of ether oxygens (including phenoxy) is 1. The lowest BCUT2D eigenvalue weighted by atomic mass is 10.0. The molecule has 0 bridgehead atoms. The van der Waals surface area contributed by atoms with Crippen LogP contribution in [-0.2, 0) is 0 Å². The second kappa shape index (κ2) is 5.46. The van der Waals surface area contributed by atoms with Crippen LogP contribution < -0.4 is 10.1 Å². The number of hydrogen-bond acceptors (Lipinski definition) is 4. The molecule has 0 aromatic heterocycles. The Bertz CT molecular complexity index is 421. The number of benzene rings is 1. The van der Waals surface area contributed by atoms with Gasteiger partial charge < -0.3 is 10.1 Å². The van der Waals surface area contributed by atoms with Gasteiger partial charge in [-0.05, 0) is 47.4 Å². The van der Waals surface area contributed by atoms with Crippen molar-refractivity contribution in [2.75, 3.05) is 19.7 Å². The smallest absolute Gasteiger partial charge is 0.312 e. The molecule has 0 atom stereocenters. The van der Waals surface area contributed by atoms with Gasteiger partial charge in [-0.3, -0.25) is 10.1 Å². The zero-order valence-electron chi connectivity index (χ0n) is 9.19. The number of rotatable bonds is 5. The number of nitro groups is 1. The van der Waals surface area contributed by atoms with Crippen LogP contribution in [0.15, 0.2) is 22.7 Å². The van der Waals surface area contributed by atoms with Crippen molar-refractivity contribution < 1.29 is 9.66 Å². The average molecular weight is 301 g/mol. The lowest BCUT2D eigenvalue weighted by Crippen LogP contribution is -2.42. The molecule has 0 saturated carbocycles. The third-order valence-corrected chi connectivity index (χ3v) is 3.41. The van der Waals surface area contributed by atoms with Crippen molar-refractivity contribution in [2.24, 2.45) is 5.92 Å². The molecule has 1 fully saturated rings. The van der Waals surface area contributed by atoms with Gasteiger partial charge in [-0.25, -0.2) is 0 Å². The summed E-state index contributed by atoms with van der Waals surface area (Å²) < 4.78 is 6.14. The Kier molecular flexibility index (Phi) is 3.96. The summed E-state index contributed by atoms with van der Waals surface area (Å²) in [6, 6.07) is 4.82. The van der Waals surface area contributed by atoms with Gasteiger partial charge in [0.25, 0.3) is 0 Å². The van der Waals surface area contributed by atoms with Gasteiger partial charge in [0.1, 0.15) is 0 Å². The molecule has 1 aliphatic heterocycles. The first kappa shape index (κ1) is 12.3. The van der Waals surface area contributed by atoms with Crippen LogP contribution in [0.1, 0.15) is 6.42 Å². The van der Waals surface area contributed by atoms with Crippen molar-refractivity contribution in [3.63, 3.8) is 0 Å². The number of nitrogens with one attached hydrogen (secondary N) is 1. The van der Waals surface area contributed by atoms with Gasteiger partial charge in [-0.1, -0.05) is 6.07 Å². The van der Waals surface area contributed by atoms with Crippen LogP contribution in [0.2, 0.25) is 0 Å². The van der Waals surface area contributed by atoms with Crippen molar-refractivity contribution in [3.05, 3.63) is 32.8 Å². The van der Waals surface area contributed by atoms with Gasteiger partial charge in [0, 0.05) is 6.07 Å². The molecule has 0 unspecified atom stereocenters. The van der Waals surface area contributed by atoms with Crippen LogP contribution in [0, 0.1) is 16.0 Å².